The Morgan fingerprint density at radius 2 is 2.03 bits per heavy atom. The monoisotopic (exact) mass is 408 g/mol. The average Bonchev–Trinajstić information content (AvgIpc) is 3.10. The molecule has 0 fully saturated rings. The molecule has 4 rings (SSSR count). The Kier molecular flexibility index (Phi) is 5.49. The summed E-state index contributed by atoms with van der Waals surface area (Å²) >= 11 is 5.37. The average molecular weight is 409 g/mol. The summed E-state index contributed by atoms with van der Waals surface area (Å²) in [7, 11) is 1.62. The molecule has 1 aliphatic rings. The van der Waals surface area contributed by atoms with Crippen molar-refractivity contribution in [3.05, 3.63) is 64.4 Å². The molecule has 6 nitrogen and oxygen atoms in total. The molecule has 0 saturated carbocycles. The fourth-order valence-corrected chi connectivity index (χ4v) is 4.13. The molecular weight excluding hydrogens is 384 g/mol. The molecule has 0 saturated heterocycles. The van der Waals surface area contributed by atoms with Crippen LogP contribution in [0.25, 0.3) is 11.4 Å². The van der Waals surface area contributed by atoms with Crippen molar-refractivity contribution in [3.8, 4) is 17.1 Å². The van der Waals surface area contributed by atoms with Crippen LogP contribution in [0, 0.1) is 10.7 Å². The van der Waals surface area contributed by atoms with Gasteiger partial charge in [-0.25, -0.2) is 0 Å². The van der Waals surface area contributed by atoms with E-state index in [0.717, 1.165) is 24.2 Å². The van der Waals surface area contributed by atoms with Crippen LogP contribution < -0.4 is 10.1 Å². The number of nitrogens with one attached hydrogen (secondary N) is 2. The molecule has 0 bridgehead atoms. The van der Waals surface area contributed by atoms with Crippen LogP contribution in [0.4, 0.5) is 0 Å². The van der Waals surface area contributed by atoms with Gasteiger partial charge in [0, 0.05) is 5.56 Å². The van der Waals surface area contributed by atoms with Crippen molar-refractivity contribution in [1.29, 1.82) is 0 Å². The van der Waals surface area contributed by atoms with Crippen LogP contribution in [0.5, 0.6) is 5.75 Å². The van der Waals surface area contributed by atoms with E-state index in [1.165, 1.54) is 11.1 Å². The molecule has 1 amide bonds. The van der Waals surface area contributed by atoms with Crippen LogP contribution in [0.1, 0.15) is 30.5 Å². The van der Waals surface area contributed by atoms with Gasteiger partial charge in [0.2, 0.25) is 5.91 Å². The van der Waals surface area contributed by atoms with Crippen molar-refractivity contribution >= 4 is 18.1 Å². The minimum absolute atomic E-state index is 0.0120. The van der Waals surface area contributed by atoms with Crippen LogP contribution >= 0.6 is 12.2 Å². The van der Waals surface area contributed by atoms with Gasteiger partial charge in [-0.05, 0) is 66.4 Å². The van der Waals surface area contributed by atoms with E-state index in [4.69, 9.17) is 17.0 Å². The van der Waals surface area contributed by atoms with Crippen molar-refractivity contribution < 1.29 is 9.53 Å². The van der Waals surface area contributed by atoms with E-state index in [1.807, 2.05) is 30.3 Å². The molecule has 150 valence electrons. The minimum Gasteiger partial charge on any atom is -0.497 e. The highest BCUT2D eigenvalue weighted by Gasteiger charge is 2.27. The fraction of sp³-hybridized carbons (Fsp3) is 0.318. The smallest absolute Gasteiger partial charge is 0.240 e. The van der Waals surface area contributed by atoms with Gasteiger partial charge in [0.1, 0.15) is 12.3 Å². The van der Waals surface area contributed by atoms with Gasteiger partial charge in [0.05, 0.1) is 13.2 Å². The number of benzene rings is 2. The number of ether oxygens (including phenoxy) is 1. The van der Waals surface area contributed by atoms with Crippen LogP contribution in [0.2, 0.25) is 0 Å². The zero-order valence-corrected chi connectivity index (χ0v) is 17.3. The predicted octanol–water partition coefficient (Wildman–Crippen LogP) is 4.06. The van der Waals surface area contributed by atoms with Crippen LogP contribution in [0.3, 0.4) is 0 Å². The summed E-state index contributed by atoms with van der Waals surface area (Å²) in [4.78, 5) is 12.9. The Balaban J connectivity index is 1.55. The maximum Gasteiger partial charge on any atom is 0.240 e. The number of amides is 1. The molecule has 2 atom stereocenters. The molecule has 1 aromatic heterocycles. The van der Waals surface area contributed by atoms with Gasteiger partial charge in [-0.2, -0.15) is 5.10 Å². The van der Waals surface area contributed by atoms with Crippen molar-refractivity contribution in [1.82, 2.24) is 20.1 Å². The van der Waals surface area contributed by atoms with E-state index in [1.54, 1.807) is 11.7 Å². The van der Waals surface area contributed by atoms with E-state index in [0.29, 0.717) is 16.5 Å². The van der Waals surface area contributed by atoms with Crippen LogP contribution in [-0.2, 0) is 17.8 Å². The van der Waals surface area contributed by atoms with Gasteiger partial charge < -0.3 is 10.1 Å². The highest BCUT2D eigenvalue weighted by atomic mass is 32.1. The number of methoxy groups -OCH3 is 1. The normalized spacial score (nSPS) is 18.1. The third-order valence-corrected chi connectivity index (χ3v) is 5.86. The summed E-state index contributed by atoms with van der Waals surface area (Å²) in [6, 6.07) is 15.9. The molecule has 1 aliphatic carbocycles. The lowest BCUT2D eigenvalue weighted by Gasteiger charge is -2.32. The summed E-state index contributed by atoms with van der Waals surface area (Å²) in [5, 5.41) is 10.3. The van der Waals surface area contributed by atoms with E-state index >= 15 is 0 Å². The van der Waals surface area contributed by atoms with Crippen molar-refractivity contribution in [2.24, 2.45) is 5.92 Å². The number of aromatic amines is 1. The zero-order chi connectivity index (χ0) is 20.4. The lowest BCUT2D eigenvalue weighted by Crippen LogP contribution is -2.37. The first-order chi connectivity index (χ1) is 14.1. The Morgan fingerprint density at radius 3 is 2.79 bits per heavy atom. The maximum absolute atomic E-state index is 12.9. The summed E-state index contributed by atoms with van der Waals surface area (Å²) in [6.07, 6.45) is 2.11. The number of hydrogen-bond acceptors (Lipinski definition) is 4. The molecular formula is C22H24N4O2S. The second-order valence-corrected chi connectivity index (χ2v) is 7.81. The van der Waals surface area contributed by atoms with E-state index < -0.39 is 0 Å². The molecule has 2 aromatic carbocycles. The SMILES string of the molecule is COc1ccc(-c2n[nH]c(=S)n2CC(=O)N[C@@H]2c3ccccc3CC[C@H]2C)cc1. The topological polar surface area (TPSA) is 71.9 Å². The van der Waals surface area contributed by atoms with E-state index in [9.17, 15) is 4.79 Å². The highest BCUT2D eigenvalue weighted by molar-refractivity contribution is 7.71. The summed E-state index contributed by atoms with van der Waals surface area (Å²) in [5.41, 5.74) is 3.39. The number of carbonyl (C=O) groups is 1. The van der Waals surface area contributed by atoms with Gasteiger partial charge in [0.15, 0.2) is 10.6 Å². The van der Waals surface area contributed by atoms with Gasteiger partial charge in [-0.15, -0.1) is 0 Å². The Hall–Kier alpha value is -2.93. The number of fused-ring (bicyclic) bond motifs is 1. The second kappa shape index (κ2) is 8.21. The van der Waals surface area contributed by atoms with Crippen molar-refractivity contribution in [2.45, 2.75) is 32.4 Å². The van der Waals surface area contributed by atoms with Gasteiger partial charge in [-0.1, -0.05) is 31.2 Å². The Labute approximate surface area is 174 Å². The van der Waals surface area contributed by atoms with E-state index in [2.05, 4.69) is 40.6 Å². The fourth-order valence-electron chi connectivity index (χ4n) is 3.93. The molecule has 0 radical (unpaired) electrons. The predicted molar refractivity (Wildman–Crippen MR) is 114 cm³/mol. The third-order valence-electron chi connectivity index (χ3n) is 5.55. The number of hydrogen-bond donors (Lipinski definition) is 2. The Morgan fingerprint density at radius 1 is 1.28 bits per heavy atom. The molecule has 7 heteroatoms. The summed E-state index contributed by atoms with van der Waals surface area (Å²) < 4.78 is 7.36. The summed E-state index contributed by atoms with van der Waals surface area (Å²) in [5.74, 6) is 1.69. The largest absolute Gasteiger partial charge is 0.497 e. The quantitative estimate of drug-likeness (QED) is 0.625. The standard InChI is InChI=1S/C22H24N4O2S/c1-14-7-8-15-5-3-4-6-18(15)20(14)23-19(27)13-26-21(24-25-22(26)29)16-9-11-17(28-2)12-10-16/h3-6,9-12,14,20H,7-8,13H2,1-2H3,(H,23,27)(H,25,29)/t14-,20+/m1/s1. The zero-order valence-electron chi connectivity index (χ0n) is 16.5. The molecule has 0 unspecified atom stereocenters. The first kappa shape index (κ1) is 19.4. The number of carbonyl (C=O) groups excluding carboxylic acids is 1. The first-order valence-corrected chi connectivity index (χ1v) is 10.1. The van der Waals surface area contributed by atoms with Gasteiger partial charge in [0.25, 0.3) is 0 Å². The molecule has 1 heterocycles. The Bertz CT molecular complexity index is 1070. The lowest BCUT2D eigenvalue weighted by atomic mass is 9.80. The minimum atomic E-state index is -0.0779. The number of aromatic nitrogens is 3. The molecule has 3 aromatic rings. The molecule has 0 spiro atoms. The first-order valence-electron chi connectivity index (χ1n) is 9.73. The number of aryl methyl sites for hydroxylation is 1. The molecule has 2 N–H and O–H groups in total. The van der Waals surface area contributed by atoms with Crippen LogP contribution in [-0.4, -0.2) is 27.8 Å². The molecule has 29 heavy (non-hydrogen) atoms. The maximum atomic E-state index is 12.9. The van der Waals surface area contributed by atoms with Crippen molar-refractivity contribution in [3.63, 3.8) is 0 Å². The number of nitrogens with zero attached hydrogens (tertiary/aromatic N) is 2. The summed E-state index contributed by atoms with van der Waals surface area (Å²) in [6.45, 7) is 2.30. The highest BCUT2D eigenvalue weighted by Crippen LogP contribution is 2.34. The number of H-pyrrole nitrogens is 1. The third kappa shape index (κ3) is 3.96. The van der Waals surface area contributed by atoms with Crippen molar-refractivity contribution in [2.75, 3.05) is 7.11 Å². The van der Waals surface area contributed by atoms with Gasteiger partial charge >= 0.3 is 0 Å². The number of rotatable bonds is 5. The lowest BCUT2D eigenvalue weighted by molar-refractivity contribution is -0.122. The van der Waals surface area contributed by atoms with Gasteiger partial charge in [-0.3, -0.25) is 14.5 Å². The second-order valence-electron chi connectivity index (χ2n) is 7.43. The molecule has 0 aliphatic heterocycles. The van der Waals surface area contributed by atoms with E-state index in [-0.39, 0.29) is 18.5 Å². The van der Waals surface area contributed by atoms with Crippen LogP contribution in [0.15, 0.2) is 48.5 Å².